The maximum atomic E-state index is 9.65. The van der Waals surface area contributed by atoms with Crippen LogP contribution in [0.3, 0.4) is 0 Å². The van der Waals surface area contributed by atoms with Crippen LogP contribution in [0.4, 0.5) is 0 Å². The zero-order valence-corrected chi connectivity index (χ0v) is 14.5. The predicted molar refractivity (Wildman–Crippen MR) is 93.2 cm³/mol. The van der Waals surface area contributed by atoms with Gasteiger partial charge in [0.2, 0.25) is 0 Å². The third-order valence-electron chi connectivity index (χ3n) is 3.47. The van der Waals surface area contributed by atoms with Gasteiger partial charge in [-0.25, -0.2) is 0 Å². The van der Waals surface area contributed by atoms with E-state index in [0.29, 0.717) is 0 Å². The molecule has 0 amide bonds. The van der Waals surface area contributed by atoms with Crippen molar-refractivity contribution in [2.75, 3.05) is 6.61 Å². The van der Waals surface area contributed by atoms with E-state index in [4.69, 9.17) is 4.74 Å². The van der Waals surface area contributed by atoms with E-state index in [0.717, 1.165) is 29.9 Å². The lowest BCUT2D eigenvalue weighted by atomic mass is 10.1. The van der Waals surface area contributed by atoms with Crippen LogP contribution in [-0.4, -0.2) is 17.3 Å². The Kier molecular flexibility index (Phi) is 8.06. The molecule has 1 N–H and O–H groups in total. The maximum absolute atomic E-state index is 9.65. The number of benzene rings is 1. The van der Waals surface area contributed by atoms with Crippen molar-refractivity contribution in [3.63, 3.8) is 0 Å². The Labute approximate surface area is 135 Å². The molecule has 0 aliphatic heterocycles. The number of ether oxygens (including phenoxy) is 1. The van der Waals surface area contributed by atoms with E-state index in [-0.39, 0.29) is 0 Å². The number of hydrogen-bond acceptors (Lipinski definition) is 2. The number of hydrogen-bond donors (Lipinski definition) is 1. The Bertz CT molecular complexity index is 501. The molecule has 2 heteroatoms. The summed E-state index contributed by atoms with van der Waals surface area (Å²) in [6.45, 7) is 8.41. The number of rotatable bonds is 8. The first kappa shape index (κ1) is 18.6. The fourth-order valence-electron chi connectivity index (χ4n) is 2.16. The summed E-state index contributed by atoms with van der Waals surface area (Å²) >= 11 is 0. The van der Waals surface area contributed by atoms with E-state index in [9.17, 15) is 5.11 Å². The molecule has 0 aliphatic carbocycles. The Balaban J connectivity index is 2.40. The second-order valence-corrected chi connectivity index (χ2v) is 6.40. The summed E-state index contributed by atoms with van der Waals surface area (Å²) in [5, 5.41) is 9.65. The summed E-state index contributed by atoms with van der Waals surface area (Å²) < 4.78 is 5.80. The third kappa shape index (κ3) is 8.10. The van der Waals surface area contributed by atoms with Crippen molar-refractivity contribution in [3.8, 4) is 17.6 Å². The van der Waals surface area contributed by atoms with Crippen molar-refractivity contribution in [2.45, 2.75) is 71.8 Å². The Morgan fingerprint density at radius 1 is 1.09 bits per heavy atom. The molecule has 1 aromatic rings. The molecule has 0 atom stereocenters. The molecular formula is C20H30O2. The second-order valence-electron chi connectivity index (χ2n) is 6.40. The zero-order chi connectivity index (χ0) is 16.4. The lowest BCUT2D eigenvalue weighted by molar-refractivity contribution is 0.143. The molecule has 0 fully saturated rings. The lowest BCUT2D eigenvalue weighted by Gasteiger charge is -2.09. The van der Waals surface area contributed by atoms with Crippen LogP contribution in [0.25, 0.3) is 0 Å². The van der Waals surface area contributed by atoms with E-state index < -0.39 is 5.60 Å². The summed E-state index contributed by atoms with van der Waals surface area (Å²) in [5.74, 6) is 6.76. The van der Waals surface area contributed by atoms with Gasteiger partial charge in [-0.15, -0.1) is 0 Å². The molecule has 0 aliphatic rings. The Hall–Kier alpha value is -1.46. The van der Waals surface area contributed by atoms with Crippen molar-refractivity contribution in [1.82, 2.24) is 0 Å². The van der Waals surface area contributed by atoms with Gasteiger partial charge in [0, 0.05) is 5.56 Å². The first-order valence-corrected chi connectivity index (χ1v) is 8.41. The van der Waals surface area contributed by atoms with Crippen LogP contribution in [0.5, 0.6) is 5.75 Å². The van der Waals surface area contributed by atoms with Crippen molar-refractivity contribution in [3.05, 3.63) is 29.3 Å². The van der Waals surface area contributed by atoms with Crippen LogP contribution in [0.1, 0.15) is 70.4 Å². The average molecular weight is 302 g/mol. The zero-order valence-electron chi connectivity index (χ0n) is 14.5. The highest BCUT2D eigenvalue weighted by atomic mass is 16.5. The maximum Gasteiger partial charge on any atom is 0.120 e. The topological polar surface area (TPSA) is 29.5 Å². The Morgan fingerprint density at radius 3 is 2.41 bits per heavy atom. The van der Waals surface area contributed by atoms with Gasteiger partial charge in [0.15, 0.2) is 0 Å². The van der Waals surface area contributed by atoms with Gasteiger partial charge in [0.25, 0.3) is 0 Å². The van der Waals surface area contributed by atoms with E-state index >= 15 is 0 Å². The molecule has 0 aromatic heterocycles. The van der Waals surface area contributed by atoms with Crippen molar-refractivity contribution < 1.29 is 9.84 Å². The van der Waals surface area contributed by atoms with E-state index in [1.54, 1.807) is 13.8 Å². The quantitative estimate of drug-likeness (QED) is 0.549. The number of aryl methyl sites for hydroxylation is 1. The monoisotopic (exact) mass is 302 g/mol. The van der Waals surface area contributed by atoms with Gasteiger partial charge in [-0.05, 0) is 51.0 Å². The van der Waals surface area contributed by atoms with Crippen LogP contribution in [0.2, 0.25) is 0 Å². The largest absolute Gasteiger partial charge is 0.494 e. The van der Waals surface area contributed by atoms with Crippen LogP contribution in [0.15, 0.2) is 18.2 Å². The normalized spacial score (nSPS) is 11.0. The summed E-state index contributed by atoms with van der Waals surface area (Å²) in [5.41, 5.74) is 1.06. The van der Waals surface area contributed by atoms with Gasteiger partial charge < -0.3 is 9.84 Å². The molecule has 122 valence electrons. The van der Waals surface area contributed by atoms with Crippen molar-refractivity contribution >= 4 is 0 Å². The summed E-state index contributed by atoms with van der Waals surface area (Å²) in [4.78, 5) is 0. The molecule has 1 aromatic carbocycles. The van der Waals surface area contributed by atoms with E-state index in [2.05, 4.69) is 18.8 Å². The van der Waals surface area contributed by atoms with Gasteiger partial charge >= 0.3 is 0 Å². The smallest absolute Gasteiger partial charge is 0.120 e. The van der Waals surface area contributed by atoms with Gasteiger partial charge in [0.1, 0.15) is 11.4 Å². The minimum absolute atomic E-state index is 0.778. The third-order valence-corrected chi connectivity index (χ3v) is 3.47. The average Bonchev–Trinajstić information content (AvgIpc) is 2.44. The predicted octanol–water partition coefficient (Wildman–Crippen LogP) is 4.86. The first-order chi connectivity index (χ1) is 10.4. The standard InChI is InChI=1S/C20H30O2/c1-5-6-7-8-9-10-15-22-19-12-11-18(17(2)16-19)13-14-20(3,4)21/h11-12,16,21H,5-10,15H2,1-4H3. The number of aliphatic hydroxyl groups is 1. The first-order valence-electron chi connectivity index (χ1n) is 8.41. The summed E-state index contributed by atoms with van der Waals surface area (Å²) in [6, 6.07) is 5.94. The summed E-state index contributed by atoms with van der Waals surface area (Å²) in [7, 11) is 0. The highest BCUT2D eigenvalue weighted by molar-refractivity contribution is 5.45. The van der Waals surface area contributed by atoms with Gasteiger partial charge in [0.05, 0.1) is 6.61 Å². The highest BCUT2D eigenvalue weighted by Gasteiger charge is 2.06. The Morgan fingerprint density at radius 2 is 1.77 bits per heavy atom. The highest BCUT2D eigenvalue weighted by Crippen LogP contribution is 2.17. The molecular weight excluding hydrogens is 272 g/mol. The van der Waals surface area contributed by atoms with E-state index in [1.165, 1.54) is 32.1 Å². The molecule has 0 saturated heterocycles. The number of unbranched alkanes of at least 4 members (excludes halogenated alkanes) is 5. The molecule has 0 heterocycles. The molecule has 22 heavy (non-hydrogen) atoms. The summed E-state index contributed by atoms with van der Waals surface area (Å²) in [6.07, 6.45) is 7.63. The van der Waals surface area contributed by atoms with Gasteiger partial charge in [-0.2, -0.15) is 0 Å². The molecule has 0 bridgehead atoms. The molecule has 0 unspecified atom stereocenters. The fraction of sp³-hybridized carbons (Fsp3) is 0.600. The van der Waals surface area contributed by atoms with Crippen LogP contribution < -0.4 is 4.74 Å². The van der Waals surface area contributed by atoms with Crippen molar-refractivity contribution in [2.24, 2.45) is 0 Å². The molecule has 0 radical (unpaired) electrons. The van der Waals surface area contributed by atoms with E-state index in [1.807, 2.05) is 25.1 Å². The van der Waals surface area contributed by atoms with Gasteiger partial charge in [-0.3, -0.25) is 0 Å². The lowest BCUT2D eigenvalue weighted by Crippen LogP contribution is -2.14. The van der Waals surface area contributed by atoms with Crippen LogP contribution in [0, 0.1) is 18.8 Å². The molecule has 0 spiro atoms. The van der Waals surface area contributed by atoms with Crippen LogP contribution in [-0.2, 0) is 0 Å². The van der Waals surface area contributed by atoms with Gasteiger partial charge in [-0.1, -0.05) is 50.9 Å². The molecule has 2 nitrogen and oxygen atoms in total. The van der Waals surface area contributed by atoms with Crippen LogP contribution >= 0.6 is 0 Å². The fourth-order valence-corrected chi connectivity index (χ4v) is 2.16. The minimum Gasteiger partial charge on any atom is -0.494 e. The van der Waals surface area contributed by atoms with Crippen molar-refractivity contribution in [1.29, 1.82) is 0 Å². The SMILES string of the molecule is CCCCCCCCOc1ccc(C#CC(C)(C)O)c(C)c1. The second kappa shape index (κ2) is 9.54. The minimum atomic E-state index is -0.959. The molecule has 1 rings (SSSR count). The molecule has 0 saturated carbocycles.